The third kappa shape index (κ3) is 7.50. The summed E-state index contributed by atoms with van der Waals surface area (Å²) in [6.07, 6.45) is -2.91. The Morgan fingerprint density at radius 1 is 1.00 bits per heavy atom. The second kappa shape index (κ2) is 15.2. The number of carboxylic acid groups (broad SMARTS) is 1. The number of aliphatic hydroxyl groups is 1. The van der Waals surface area contributed by atoms with Gasteiger partial charge in [0.15, 0.2) is 6.67 Å². The number of aliphatic hydroxyl groups excluding tert-OH is 1. The zero-order chi connectivity index (χ0) is 38.9. The fraction of sp³-hybridized carbons (Fsp3) is 0.424. The van der Waals surface area contributed by atoms with Gasteiger partial charge >= 0.3 is 18.2 Å². The largest absolute Gasteiger partial charge is 0.543 e. The van der Waals surface area contributed by atoms with Crippen LogP contribution in [0.2, 0.25) is 0 Å². The minimum Gasteiger partial charge on any atom is -0.543 e. The SMILES string of the molecule is C[C@@H](O)[C@H]1C(=O)N2C(C(=O)[O-])=C(S[C@H]3C[C@H](C)[N+](CN(C(N)=O)C(=O)OCc4ccc([N+](=O)[O-])cc4)(C(=O)OCc4ccc([N+](=O)[O-])cc4)C3)[C@H](C)[C@H]12. The van der Waals surface area contributed by atoms with Crippen LogP contribution in [0.3, 0.4) is 0 Å². The predicted molar refractivity (Wildman–Crippen MR) is 180 cm³/mol. The molecule has 53 heavy (non-hydrogen) atoms. The van der Waals surface area contributed by atoms with Crippen LogP contribution in [0, 0.1) is 32.1 Å². The third-order valence-electron chi connectivity index (χ3n) is 9.84. The Labute approximate surface area is 305 Å². The summed E-state index contributed by atoms with van der Waals surface area (Å²) in [4.78, 5) is 88.2. The summed E-state index contributed by atoms with van der Waals surface area (Å²) in [6.45, 7) is 3.34. The summed E-state index contributed by atoms with van der Waals surface area (Å²) in [7, 11) is 0. The molecule has 20 heteroatoms. The Bertz CT molecular complexity index is 1870. The number of carbonyl (C=O) groups excluding carboxylic acids is 5. The summed E-state index contributed by atoms with van der Waals surface area (Å²) < 4.78 is 10.3. The lowest BCUT2D eigenvalue weighted by atomic mass is 9.79. The Morgan fingerprint density at radius 2 is 1.53 bits per heavy atom. The Kier molecular flexibility index (Phi) is 11.1. The molecular weight excluding hydrogens is 720 g/mol. The van der Waals surface area contributed by atoms with Crippen molar-refractivity contribution < 1.29 is 58.0 Å². The van der Waals surface area contributed by atoms with Gasteiger partial charge in [0.2, 0.25) is 5.91 Å². The fourth-order valence-corrected chi connectivity index (χ4v) is 8.76. The van der Waals surface area contributed by atoms with Gasteiger partial charge in [-0.15, -0.1) is 11.8 Å². The first kappa shape index (κ1) is 38.6. The number of nitrogens with two attached hydrogens (primary N) is 1. The van der Waals surface area contributed by atoms with Crippen LogP contribution < -0.4 is 10.8 Å². The molecule has 0 aliphatic carbocycles. The molecular formula is C33H36N6O13S. The molecule has 2 aromatic rings. The maximum atomic E-state index is 14.1. The van der Waals surface area contributed by atoms with E-state index in [1.54, 1.807) is 13.8 Å². The van der Waals surface area contributed by atoms with Gasteiger partial charge < -0.3 is 35.1 Å². The molecule has 5 amide bonds. The van der Waals surface area contributed by atoms with Gasteiger partial charge in [0.1, 0.15) is 19.8 Å². The Hall–Kier alpha value is -5.60. The molecule has 0 saturated carbocycles. The van der Waals surface area contributed by atoms with E-state index in [1.165, 1.54) is 55.5 Å². The van der Waals surface area contributed by atoms with Crippen LogP contribution in [-0.2, 0) is 32.3 Å². The van der Waals surface area contributed by atoms with E-state index in [-0.39, 0.29) is 36.6 Å². The Morgan fingerprint density at radius 3 is 2.00 bits per heavy atom. The van der Waals surface area contributed by atoms with Crippen LogP contribution in [0.25, 0.3) is 0 Å². The normalized spacial score (nSPS) is 25.2. The van der Waals surface area contributed by atoms with Crippen LogP contribution in [-0.4, -0.2) is 96.0 Å². The number of urea groups is 1. The summed E-state index contributed by atoms with van der Waals surface area (Å²) in [6, 6.07) is 7.83. The molecule has 3 heterocycles. The number of rotatable bonds is 12. The van der Waals surface area contributed by atoms with Crippen molar-refractivity contribution in [2.24, 2.45) is 17.6 Å². The van der Waals surface area contributed by atoms with Crippen molar-refractivity contribution in [1.82, 2.24) is 9.80 Å². The highest BCUT2D eigenvalue weighted by Gasteiger charge is 2.60. The third-order valence-corrected chi connectivity index (χ3v) is 11.3. The number of aliphatic carboxylic acids is 1. The van der Waals surface area contributed by atoms with Gasteiger partial charge in [-0.2, -0.15) is 9.69 Å². The highest BCUT2D eigenvalue weighted by Crippen LogP contribution is 2.52. The van der Waals surface area contributed by atoms with Gasteiger partial charge in [0.25, 0.3) is 11.4 Å². The molecule has 0 aromatic heterocycles. The summed E-state index contributed by atoms with van der Waals surface area (Å²) in [5.41, 5.74) is 5.69. The minimum absolute atomic E-state index is 0.112. The van der Waals surface area contributed by atoms with Gasteiger partial charge in [0, 0.05) is 41.5 Å². The first-order valence-corrected chi connectivity index (χ1v) is 17.2. The number of carboxylic acids is 1. The molecule has 19 nitrogen and oxygen atoms in total. The lowest BCUT2D eigenvalue weighted by molar-refractivity contribution is -0.875. The van der Waals surface area contributed by atoms with Crippen molar-refractivity contribution in [3.8, 4) is 0 Å². The van der Waals surface area contributed by atoms with E-state index in [9.17, 15) is 54.4 Å². The number of likely N-dealkylation sites (tertiary alicyclic amines) is 1. The molecule has 7 atom stereocenters. The summed E-state index contributed by atoms with van der Waals surface area (Å²) in [5.74, 6) is -3.45. The number of thioether (sulfide) groups is 1. The quantitative estimate of drug-likeness (QED) is 0.136. The lowest BCUT2D eigenvalue weighted by Gasteiger charge is -2.47. The average molecular weight is 757 g/mol. The number of primary amides is 1. The lowest BCUT2D eigenvalue weighted by Crippen LogP contribution is -2.64. The van der Waals surface area contributed by atoms with E-state index in [0.29, 0.717) is 20.9 Å². The number of fused-ring (bicyclic) bond motifs is 1. The van der Waals surface area contributed by atoms with E-state index in [0.717, 1.165) is 16.7 Å². The van der Waals surface area contributed by atoms with Crippen LogP contribution in [0.5, 0.6) is 0 Å². The van der Waals surface area contributed by atoms with Gasteiger partial charge in [-0.25, -0.2) is 14.1 Å². The van der Waals surface area contributed by atoms with Crippen molar-refractivity contribution in [2.45, 2.75) is 63.8 Å². The number of nitro groups is 2. The molecule has 0 spiro atoms. The first-order valence-electron chi connectivity index (χ1n) is 16.3. The van der Waals surface area contributed by atoms with Crippen molar-refractivity contribution in [2.75, 3.05) is 13.2 Å². The molecule has 5 rings (SSSR count). The summed E-state index contributed by atoms with van der Waals surface area (Å²) >= 11 is 1.12. The van der Waals surface area contributed by atoms with Crippen molar-refractivity contribution in [3.63, 3.8) is 0 Å². The molecule has 2 aromatic carbocycles. The highest BCUT2D eigenvalue weighted by atomic mass is 32.2. The zero-order valence-electron chi connectivity index (χ0n) is 28.7. The maximum absolute atomic E-state index is 14.1. The number of non-ortho nitro benzene ring substituents is 2. The van der Waals surface area contributed by atoms with Crippen molar-refractivity contribution >= 4 is 53.2 Å². The number of imide groups is 1. The molecule has 2 saturated heterocycles. The number of nitro benzene ring substituents is 2. The van der Waals surface area contributed by atoms with Gasteiger partial charge in [-0.1, -0.05) is 6.92 Å². The number of ether oxygens (including phenoxy) is 2. The molecule has 0 bridgehead atoms. The number of quaternary nitrogens is 1. The van der Waals surface area contributed by atoms with Crippen LogP contribution in [0.4, 0.5) is 25.8 Å². The van der Waals surface area contributed by atoms with E-state index >= 15 is 0 Å². The van der Waals surface area contributed by atoms with E-state index in [1.807, 2.05) is 0 Å². The van der Waals surface area contributed by atoms with Gasteiger partial charge in [-0.3, -0.25) is 25.0 Å². The molecule has 3 aliphatic rings. The van der Waals surface area contributed by atoms with E-state index in [4.69, 9.17) is 15.2 Å². The molecule has 0 radical (unpaired) electrons. The standard InChI is InChI=1S/C33H36N6O13S/c1-17-12-24(53-28-18(2)26-25(19(3)40)29(41)36(26)27(28)30(42)43)13-39(17,33(46)52-15-21-6-10-23(11-7-21)38(49)50)16-35(31(34)44)32(45)51-14-20-4-8-22(9-5-20)37(47)48/h4-11,17-19,24-26,40H,12-16H2,1-3H3,(H2-,34,42,43,44)/t17-,18+,19+,24-,25+,26+,39?/m0/s1. The fourth-order valence-electron chi connectivity index (χ4n) is 7.04. The second-order valence-corrected chi connectivity index (χ2v) is 14.5. The zero-order valence-corrected chi connectivity index (χ0v) is 29.5. The topological polar surface area (TPSA) is 266 Å². The highest BCUT2D eigenvalue weighted by molar-refractivity contribution is 8.03. The number of carbonyl (C=O) groups is 5. The van der Waals surface area contributed by atoms with Gasteiger partial charge in [-0.05, 0) is 49.2 Å². The maximum Gasteiger partial charge on any atom is 0.518 e. The van der Waals surface area contributed by atoms with Gasteiger partial charge in [0.05, 0.1) is 50.9 Å². The number of β-lactam (4-membered cyclic amide) rings is 1. The van der Waals surface area contributed by atoms with Crippen LogP contribution in [0.15, 0.2) is 59.1 Å². The molecule has 3 N–H and O–H groups in total. The monoisotopic (exact) mass is 756 g/mol. The van der Waals surface area contributed by atoms with Crippen molar-refractivity contribution in [3.05, 3.63) is 90.5 Å². The Balaban J connectivity index is 1.41. The molecule has 2 fully saturated rings. The molecule has 282 valence electrons. The van der Waals surface area contributed by atoms with Crippen LogP contribution >= 0.6 is 11.8 Å². The molecule has 3 aliphatic heterocycles. The number of nitrogens with zero attached hydrogens (tertiary/aromatic N) is 5. The first-order chi connectivity index (χ1) is 25.0. The number of hydrogen-bond donors (Lipinski definition) is 2. The minimum atomic E-state index is -1.58. The number of benzene rings is 2. The average Bonchev–Trinajstić information content (AvgIpc) is 3.55. The predicted octanol–water partition coefficient (Wildman–Crippen LogP) is 2.34. The van der Waals surface area contributed by atoms with Crippen LogP contribution in [0.1, 0.15) is 38.3 Å². The van der Waals surface area contributed by atoms with Crippen molar-refractivity contribution in [1.29, 1.82) is 0 Å². The van der Waals surface area contributed by atoms with E-state index < -0.39 is 93.0 Å². The summed E-state index contributed by atoms with van der Waals surface area (Å²) in [5, 5.41) is 44.1. The second-order valence-electron chi connectivity index (χ2n) is 13.2. The van der Waals surface area contributed by atoms with E-state index in [2.05, 4.69) is 0 Å². The molecule has 1 unspecified atom stereocenters. The number of hydrogen-bond acceptors (Lipinski definition) is 14. The number of amides is 5. The smallest absolute Gasteiger partial charge is 0.518 e.